The first kappa shape index (κ1) is 17.6. The Morgan fingerprint density at radius 2 is 1.96 bits per heavy atom. The first-order valence-corrected chi connectivity index (χ1v) is 8.88. The van der Waals surface area contributed by atoms with Crippen molar-refractivity contribution in [1.29, 1.82) is 0 Å². The van der Waals surface area contributed by atoms with E-state index in [1.807, 2.05) is 36.4 Å². The summed E-state index contributed by atoms with van der Waals surface area (Å²) in [7, 11) is 1.71. The Labute approximate surface area is 149 Å². The molecule has 1 unspecified atom stereocenters. The van der Waals surface area contributed by atoms with Crippen molar-refractivity contribution in [2.45, 2.75) is 25.4 Å². The van der Waals surface area contributed by atoms with Crippen molar-refractivity contribution in [2.75, 3.05) is 44.0 Å². The summed E-state index contributed by atoms with van der Waals surface area (Å²) in [4.78, 5) is 9.31. The van der Waals surface area contributed by atoms with Gasteiger partial charge in [-0.2, -0.15) is 0 Å². The highest BCUT2D eigenvalue weighted by atomic mass is 16.5. The lowest BCUT2D eigenvalue weighted by Gasteiger charge is -2.14. The highest BCUT2D eigenvalue weighted by molar-refractivity contribution is 5.61. The lowest BCUT2D eigenvalue weighted by molar-refractivity contribution is 0.120. The molecule has 1 aliphatic heterocycles. The van der Waals surface area contributed by atoms with E-state index >= 15 is 0 Å². The van der Waals surface area contributed by atoms with Gasteiger partial charge in [-0.3, -0.25) is 0 Å². The number of methoxy groups -OCH3 is 1. The zero-order valence-corrected chi connectivity index (χ0v) is 14.7. The minimum absolute atomic E-state index is 0.272. The molecule has 3 rings (SSSR count). The number of rotatable bonds is 9. The van der Waals surface area contributed by atoms with Gasteiger partial charge in [0.1, 0.15) is 11.6 Å². The van der Waals surface area contributed by atoms with Crippen molar-refractivity contribution in [2.24, 2.45) is 0 Å². The van der Waals surface area contributed by atoms with Crippen LogP contribution >= 0.6 is 0 Å². The highest BCUT2D eigenvalue weighted by Gasteiger charge is 2.15. The number of hydrogen-bond acceptors (Lipinski definition) is 6. The standard InChI is InChI=1S/C19H26N4O2/c1-24-11-6-10-20-17-13-18(21-14-16-9-5-12-25-16)23-19(22-17)15-7-3-2-4-8-15/h2-4,7-8,13,16H,5-6,9-12,14H2,1H3,(H2,20,21,22,23). The van der Waals surface area contributed by atoms with Crippen LogP contribution in [-0.4, -0.2) is 49.5 Å². The normalized spacial score (nSPS) is 16.8. The number of nitrogens with zero attached hydrogens (tertiary/aromatic N) is 2. The molecule has 2 N–H and O–H groups in total. The molecule has 1 aliphatic rings. The van der Waals surface area contributed by atoms with Gasteiger partial charge in [-0.15, -0.1) is 0 Å². The van der Waals surface area contributed by atoms with E-state index in [2.05, 4.69) is 20.6 Å². The van der Waals surface area contributed by atoms with Crippen molar-refractivity contribution >= 4 is 11.6 Å². The van der Waals surface area contributed by atoms with E-state index in [0.29, 0.717) is 5.82 Å². The average molecular weight is 342 g/mol. The highest BCUT2D eigenvalue weighted by Crippen LogP contribution is 2.21. The maximum atomic E-state index is 5.68. The van der Waals surface area contributed by atoms with Gasteiger partial charge in [0.2, 0.25) is 0 Å². The minimum atomic E-state index is 0.272. The second-order valence-electron chi connectivity index (χ2n) is 6.12. The van der Waals surface area contributed by atoms with Crippen LogP contribution in [0.5, 0.6) is 0 Å². The summed E-state index contributed by atoms with van der Waals surface area (Å²) in [6.45, 7) is 3.17. The van der Waals surface area contributed by atoms with Gasteiger partial charge >= 0.3 is 0 Å². The molecule has 0 radical (unpaired) electrons. The van der Waals surface area contributed by atoms with Gasteiger partial charge in [0, 0.05) is 45.0 Å². The summed E-state index contributed by atoms with van der Waals surface area (Å²) in [5.74, 6) is 2.35. The Hall–Kier alpha value is -2.18. The molecule has 2 aromatic rings. The molecule has 0 amide bonds. The number of aromatic nitrogens is 2. The number of nitrogens with one attached hydrogen (secondary N) is 2. The lowest BCUT2D eigenvalue weighted by Crippen LogP contribution is -2.19. The molecule has 0 saturated carbocycles. The molecule has 1 fully saturated rings. The minimum Gasteiger partial charge on any atom is -0.385 e. The monoisotopic (exact) mass is 342 g/mol. The van der Waals surface area contributed by atoms with Crippen molar-refractivity contribution in [3.63, 3.8) is 0 Å². The fourth-order valence-corrected chi connectivity index (χ4v) is 2.80. The van der Waals surface area contributed by atoms with E-state index < -0.39 is 0 Å². The summed E-state index contributed by atoms with van der Waals surface area (Å²) in [6, 6.07) is 12.0. The van der Waals surface area contributed by atoms with E-state index in [1.54, 1.807) is 7.11 Å². The fourth-order valence-electron chi connectivity index (χ4n) is 2.80. The second kappa shape index (κ2) is 9.34. The molecule has 1 aromatic heterocycles. The van der Waals surface area contributed by atoms with Gasteiger partial charge in [0.25, 0.3) is 0 Å². The largest absolute Gasteiger partial charge is 0.385 e. The first-order valence-electron chi connectivity index (χ1n) is 8.88. The Bertz CT molecular complexity index is 645. The molecular weight excluding hydrogens is 316 g/mol. The van der Waals surface area contributed by atoms with Crippen LogP contribution in [0.3, 0.4) is 0 Å². The van der Waals surface area contributed by atoms with Crippen molar-refractivity contribution < 1.29 is 9.47 Å². The SMILES string of the molecule is COCCCNc1cc(NCC2CCCO2)nc(-c2ccccc2)n1. The quantitative estimate of drug-likeness (QED) is 0.682. The number of hydrogen-bond donors (Lipinski definition) is 2. The molecule has 6 nitrogen and oxygen atoms in total. The Morgan fingerprint density at radius 1 is 1.16 bits per heavy atom. The maximum Gasteiger partial charge on any atom is 0.163 e. The third-order valence-electron chi connectivity index (χ3n) is 4.12. The van der Waals surface area contributed by atoms with E-state index in [0.717, 1.165) is 62.8 Å². The summed E-state index contributed by atoms with van der Waals surface area (Å²) < 4.78 is 10.8. The second-order valence-corrected chi connectivity index (χ2v) is 6.12. The van der Waals surface area contributed by atoms with Crippen molar-refractivity contribution in [3.8, 4) is 11.4 Å². The third kappa shape index (κ3) is 5.41. The molecular formula is C19H26N4O2. The van der Waals surface area contributed by atoms with Gasteiger partial charge < -0.3 is 20.1 Å². The number of benzene rings is 1. The van der Waals surface area contributed by atoms with Crippen molar-refractivity contribution in [1.82, 2.24) is 9.97 Å². The predicted octanol–water partition coefficient (Wildman–Crippen LogP) is 3.18. The Balaban J connectivity index is 1.72. The molecule has 0 aliphatic carbocycles. The summed E-state index contributed by atoms with van der Waals surface area (Å²) in [5, 5.41) is 6.75. The number of anilines is 2. The van der Waals surface area contributed by atoms with Crippen LogP contribution in [0.15, 0.2) is 36.4 Å². The van der Waals surface area contributed by atoms with E-state index in [9.17, 15) is 0 Å². The zero-order chi connectivity index (χ0) is 17.3. The maximum absolute atomic E-state index is 5.68. The summed E-state index contributed by atoms with van der Waals surface area (Å²) >= 11 is 0. The third-order valence-corrected chi connectivity index (χ3v) is 4.12. The molecule has 1 atom stereocenters. The molecule has 134 valence electrons. The van der Waals surface area contributed by atoms with Crippen LogP contribution in [0.1, 0.15) is 19.3 Å². The van der Waals surface area contributed by atoms with Gasteiger partial charge in [0.15, 0.2) is 5.82 Å². The Kier molecular flexibility index (Phi) is 6.59. The predicted molar refractivity (Wildman–Crippen MR) is 99.9 cm³/mol. The van der Waals surface area contributed by atoms with E-state index in [-0.39, 0.29) is 6.10 Å². The molecule has 2 heterocycles. The average Bonchev–Trinajstić information content (AvgIpc) is 3.18. The lowest BCUT2D eigenvalue weighted by atomic mass is 10.2. The molecule has 25 heavy (non-hydrogen) atoms. The number of ether oxygens (including phenoxy) is 2. The van der Waals surface area contributed by atoms with Crippen LogP contribution in [0.25, 0.3) is 11.4 Å². The summed E-state index contributed by atoms with van der Waals surface area (Å²) in [6.07, 6.45) is 3.44. The van der Waals surface area contributed by atoms with Crippen LogP contribution in [0.2, 0.25) is 0 Å². The van der Waals surface area contributed by atoms with Gasteiger partial charge in [0.05, 0.1) is 6.10 Å². The Morgan fingerprint density at radius 3 is 2.68 bits per heavy atom. The topological polar surface area (TPSA) is 68.3 Å². The smallest absolute Gasteiger partial charge is 0.163 e. The van der Waals surface area contributed by atoms with Crippen LogP contribution < -0.4 is 10.6 Å². The molecule has 0 bridgehead atoms. The molecule has 0 spiro atoms. The summed E-state index contributed by atoms with van der Waals surface area (Å²) in [5.41, 5.74) is 1.00. The van der Waals surface area contributed by atoms with Crippen molar-refractivity contribution in [3.05, 3.63) is 36.4 Å². The van der Waals surface area contributed by atoms with Crippen LogP contribution in [0.4, 0.5) is 11.6 Å². The van der Waals surface area contributed by atoms with E-state index in [1.165, 1.54) is 0 Å². The van der Waals surface area contributed by atoms with Gasteiger partial charge in [-0.1, -0.05) is 30.3 Å². The van der Waals surface area contributed by atoms with Crippen LogP contribution in [-0.2, 0) is 9.47 Å². The van der Waals surface area contributed by atoms with Gasteiger partial charge in [-0.05, 0) is 19.3 Å². The molecule has 1 saturated heterocycles. The fraction of sp³-hybridized carbons (Fsp3) is 0.474. The van der Waals surface area contributed by atoms with Crippen LogP contribution in [0, 0.1) is 0 Å². The zero-order valence-electron chi connectivity index (χ0n) is 14.7. The molecule has 1 aromatic carbocycles. The first-order chi connectivity index (χ1) is 12.3. The molecule has 6 heteroatoms. The van der Waals surface area contributed by atoms with E-state index in [4.69, 9.17) is 9.47 Å². The van der Waals surface area contributed by atoms with Gasteiger partial charge in [-0.25, -0.2) is 9.97 Å².